The van der Waals surface area contributed by atoms with E-state index in [9.17, 15) is 4.79 Å². The third kappa shape index (κ3) is 4.54. The van der Waals surface area contributed by atoms with Gasteiger partial charge in [-0.05, 0) is 31.2 Å². The van der Waals surface area contributed by atoms with E-state index in [0.717, 1.165) is 17.9 Å². The Morgan fingerprint density at radius 2 is 2.00 bits per heavy atom. The van der Waals surface area contributed by atoms with Crippen LogP contribution in [0.15, 0.2) is 24.3 Å². The van der Waals surface area contributed by atoms with Gasteiger partial charge in [-0.2, -0.15) is 11.8 Å². The van der Waals surface area contributed by atoms with Gasteiger partial charge < -0.3 is 19.9 Å². The zero-order chi connectivity index (χ0) is 15.1. The van der Waals surface area contributed by atoms with Crippen molar-refractivity contribution in [2.45, 2.75) is 25.6 Å². The second kappa shape index (κ2) is 8.14. The van der Waals surface area contributed by atoms with Crippen LogP contribution in [0.5, 0.6) is 11.5 Å². The molecular weight excluding hydrogens is 290 g/mol. The number of rotatable bonds is 7. The fraction of sp³-hybridized carbons (Fsp3) is 0.533. The van der Waals surface area contributed by atoms with E-state index in [1.807, 2.05) is 25.1 Å². The number of aliphatic hydroxyl groups is 1. The molecule has 0 aliphatic carbocycles. The molecule has 6 heteroatoms. The van der Waals surface area contributed by atoms with Gasteiger partial charge in [0.25, 0.3) is 5.91 Å². The van der Waals surface area contributed by atoms with E-state index < -0.39 is 6.10 Å². The molecule has 116 valence electrons. The Bertz CT molecular complexity index is 469. The SMILES string of the molecule is CC1Oc2ccccc2OC1C(=O)NCCSCCCO. The van der Waals surface area contributed by atoms with E-state index in [-0.39, 0.29) is 18.6 Å². The van der Waals surface area contributed by atoms with Crippen molar-refractivity contribution in [1.29, 1.82) is 0 Å². The molecule has 1 aliphatic heterocycles. The molecular formula is C15H21NO4S. The number of benzene rings is 1. The van der Waals surface area contributed by atoms with Crippen LogP contribution in [0.3, 0.4) is 0 Å². The summed E-state index contributed by atoms with van der Waals surface area (Å²) in [5, 5.41) is 11.5. The minimum atomic E-state index is -0.623. The van der Waals surface area contributed by atoms with Crippen LogP contribution >= 0.6 is 11.8 Å². The molecule has 5 nitrogen and oxygen atoms in total. The standard InChI is InChI=1S/C15H21NO4S/c1-11-14(15(18)16-7-10-21-9-4-8-17)20-13-6-3-2-5-12(13)19-11/h2-3,5-6,11,14,17H,4,7-10H2,1H3,(H,16,18). The molecule has 0 bridgehead atoms. The van der Waals surface area contributed by atoms with Gasteiger partial charge in [-0.25, -0.2) is 0 Å². The van der Waals surface area contributed by atoms with Crippen molar-refractivity contribution in [2.75, 3.05) is 24.7 Å². The molecule has 1 aliphatic rings. The van der Waals surface area contributed by atoms with Gasteiger partial charge in [0, 0.05) is 18.9 Å². The maximum atomic E-state index is 12.1. The van der Waals surface area contributed by atoms with Crippen molar-refractivity contribution in [2.24, 2.45) is 0 Å². The number of hydrogen-bond donors (Lipinski definition) is 2. The molecule has 0 saturated heterocycles. The molecule has 1 aromatic rings. The molecule has 1 aromatic carbocycles. The monoisotopic (exact) mass is 311 g/mol. The van der Waals surface area contributed by atoms with Gasteiger partial charge in [0.2, 0.25) is 6.10 Å². The summed E-state index contributed by atoms with van der Waals surface area (Å²) < 4.78 is 11.4. The van der Waals surface area contributed by atoms with Crippen molar-refractivity contribution in [3.05, 3.63) is 24.3 Å². The summed E-state index contributed by atoms with van der Waals surface area (Å²) in [4.78, 5) is 12.1. The number of para-hydroxylation sites is 2. The molecule has 0 spiro atoms. The summed E-state index contributed by atoms with van der Waals surface area (Å²) in [6.07, 6.45) is -0.157. The molecule has 0 saturated carbocycles. The van der Waals surface area contributed by atoms with Gasteiger partial charge in [0.1, 0.15) is 6.10 Å². The van der Waals surface area contributed by atoms with Crippen molar-refractivity contribution in [3.63, 3.8) is 0 Å². The fourth-order valence-electron chi connectivity index (χ4n) is 2.02. The molecule has 1 amide bonds. The van der Waals surface area contributed by atoms with Crippen molar-refractivity contribution < 1.29 is 19.4 Å². The summed E-state index contributed by atoms with van der Waals surface area (Å²) in [6, 6.07) is 7.36. The predicted octanol–water partition coefficient (Wildman–Crippen LogP) is 1.45. The lowest BCUT2D eigenvalue weighted by Crippen LogP contribution is -2.49. The number of hydrogen-bond acceptors (Lipinski definition) is 5. The lowest BCUT2D eigenvalue weighted by molar-refractivity contribution is -0.133. The lowest BCUT2D eigenvalue weighted by Gasteiger charge is -2.31. The van der Waals surface area contributed by atoms with Crippen LogP contribution < -0.4 is 14.8 Å². The maximum Gasteiger partial charge on any atom is 0.265 e. The minimum absolute atomic E-state index is 0.153. The topological polar surface area (TPSA) is 67.8 Å². The normalized spacial score (nSPS) is 20.1. The Morgan fingerprint density at radius 1 is 1.29 bits per heavy atom. The van der Waals surface area contributed by atoms with E-state index in [1.54, 1.807) is 17.8 Å². The second-order valence-corrected chi connectivity index (χ2v) is 6.01. The Balaban J connectivity index is 1.78. The van der Waals surface area contributed by atoms with E-state index in [1.165, 1.54) is 0 Å². The second-order valence-electron chi connectivity index (χ2n) is 4.79. The highest BCUT2D eigenvalue weighted by molar-refractivity contribution is 7.99. The summed E-state index contributed by atoms with van der Waals surface area (Å²) in [6.45, 7) is 2.63. The Labute approximate surface area is 129 Å². The minimum Gasteiger partial charge on any atom is -0.482 e. The molecule has 21 heavy (non-hydrogen) atoms. The van der Waals surface area contributed by atoms with Crippen LogP contribution in [0.4, 0.5) is 0 Å². The first kappa shape index (κ1) is 16.0. The van der Waals surface area contributed by atoms with Crippen LogP contribution in [0.2, 0.25) is 0 Å². The highest BCUT2D eigenvalue weighted by Crippen LogP contribution is 2.33. The lowest BCUT2D eigenvalue weighted by atomic mass is 10.1. The van der Waals surface area contributed by atoms with Crippen LogP contribution in [0, 0.1) is 0 Å². The Morgan fingerprint density at radius 3 is 2.71 bits per heavy atom. The Kier molecular flexibility index (Phi) is 6.20. The van der Waals surface area contributed by atoms with Crippen molar-refractivity contribution in [3.8, 4) is 11.5 Å². The maximum absolute atomic E-state index is 12.1. The van der Waals surface area contributed by atoms with E-state index in [0.29, 0.717) is 18.0 Å². The van der Waals surface area contributed by atoms with Gasteiger partial charge >= 0.3 is 0 Å². The summed E-state index contributed by atoms with van der Waals surface area (Å²) in [5.74, 6) is 2.85. The first-order chi connectivity index (χ1) is 10.2. The average molecular weight is 311 g/mol. The quantitative estimate of drug-likeness (QED) is 0.746. The molecule has 0 radical (unpaired) electrons. The van der Waals surface area contributed by atoms with E-state index in [2.05, 4.69) is 5.32 Å². The summed E-state index contributed by atoms with van der Waals surface area (Å²) in [5.41, 5.74) is 0. The first-order valence-electron chi connectivity index (χ1n) is 7.11. The average Bonchev–Trinajstić information content (AvgIpc) is 2.49. The highest BCUT2D eigenvalue weighted by Gasteiger charge is 2.33. The number of carbonyl (C=O) groups is 1. The van der Waals surface area contributed by atoms with Gasteiger partial charge in [-0.3, -0.25) is 4.79 Å². The summed E-state index contributed by atoms with van der Waals surface area (Å²) >= 11 is 1.71. The summed E-state index contributed by atoms with van der Waals surface area (Å²) in [7, 11) is 0. The van der Waals surface area contributed by atoms with Gasteiger partial charge in [-0.15, -0.1) is 0 Å². The Hall–Kier alpha value is -1.40. The number of aliphatic hydroxyl groups excluding tert-OH is 1. The number of thioether (sulfide) groups is 1. The van der Waals surface area contributed by atoms with Gasteiger partial charge in [-0.1, -0.05) is 12.1 Å². The van der Waals surface area contributed by atoms with Gasteiger partial charge in [0.05, 0.1) is 0 Å². The van der Waals surface area contributed by atoms with Crippen LogP contribution in [-0.2, 0) is 4.79 Å². The molecule has 1 heterocycles. The number of ether oxygens (including phenoxy) is 2. The molecule has 2 atom stereocenters. The molecule has 2 unspecified atom stereocenters. The molecule has 2 N–H and O–H groups in total. The van der Waals surface area contributed by atoms with Crippen LogP contribution in [0.25, 0.3) is 0 Å². The van der Waals surface area contributed by atoms with Crippen LogP contribution in [0.1, 0.15) is 13.3 Å². The fourth-order valence-corrected chi connectivity index (χ4v) is 2.81. The van der Waals surface area contributed by atoms with Crippen molar-refractivity contribution >= 4 is 17.7 Å². The smallest absolute Gasteiger partial charge is 0.265 e. The number of amides is 1. The molecule has 0 aromatic heterocycles. The zero-order valence-corrected chi connectivity index (χ0v) is 12.9. The molecule has 2 rings (SSSR count). The number of fused-ring (bicyclic) bond motifs is 1. The van der Waals surface area contributed by atoms with Crippen LogP contribution in [-0.4, -0.2) is 47.9 Å². The first-order valence-corrected chi connectivity index (χ1v) is 8.26. The third-order valence-corrected chi connectivity index (χ3v) is 4.16. The number of carbonyl (C=O) groups excluding carboxylic acids is 1. The largest absolute Gasteiger partial charge is 0.482 e. The highest BCUT2D eigenvalue weighted by atomic mass is 32.2. The number of nitrogens with one attached hydrogen (secondary N) is 1. The van der Waals surface area contributed by atoms with E-state index >= 15 is 0 Å². The van der Waals surface area contributed by atoms with Crippen molar-refractivity contribution in [1.82, 2.24) is 5.32 Å². The molecule has 0 fully saturated rings. The van der Waals surface area contributed by atoms with Gasteiger partial charge in [0.15, 0.2) is 11.5 Å². The predicted molar refractivity (Wildman–Crippen MR) is 83.0 cm³/mol. The zero-order valence-electron chi connectivity index (χ0n) is 12.1. The third-order valence-electron chi connectivity index (χ3n) is 3.09. The van der Waals surface area contributed by atoms with E-state index in [4.69, 9.17) is 14.6 Å².